The lowest BCUT2D eigenvalue weighted by Crippen LogP contribution is -2.10. The maximum absolute atomic E-state index is 6.75. The predicted molar refractivity (Wildman–Crippen MR) is 235 cm³/mol. The third-order valence-electron chi connectivity index (χ3n) is 10.9. The van der Waals surface area contributed by atoms with Gasteiger partial charge in [-0.3, -0.25) is 0 Å². The van der Waals surface area contributed by atoms with E-state index in [1.165, 1.54) is 53.2 Å². The molecule has 11 aromatic rings. The van der Waals surface area contributed by atoms with Gasteiger partial charge in [-0.1, -0.05) is 140 Å². The normalized spacial score (nSPS) is 11.6. The van der Waals surface area contributed by atoms with Gasteiger partial charge in [-0.2, -0.15) is 0 Å². The molecule has 0 aliphatic carbocycles. The fourth-order valence-electron chi connectivity index (χ4n) is 8.16. The van der Waals surface area contributed by atoms with Crippen LogP contribution in [0.3, 0.4) is 0 Å². The SMILES string of the molecule is c1ccc(-c2ccc3c(c2)sc2ccc(N(c4ccc(-c5ccc6ccccc6c5)cc4)c4ccc(-c5ccccc5)c5oc6ccccc6c45)cc23)cc1. The number of nitrogens with zero attached hydrogens (tertiary/aromatic N) is 1. The summed E-state index contributed by atoms with van der Waals surface area (Å²) in [5, 5.41) is 7.20. The van der Waals surface area contributed by atoms with Crippen LogP contribution in [0.15, 0.2) is 205 Å². The van der Waals surface area contributed by atoms with Gasteiger partial charge in [-0.15, -0.1) is 11.3 Å². The van der Waals surface area contributed by atoms with Gasteiger partial charge in [0.05, 0.1) is 11.1 Å². The molecular weight excluding hydrogens is 687 g/mol. The summed E-state index contributed by atoms with van der Waals surface area (Å²) in [5.74, 6) is 0. The topological polar surface area (TPSA) is 16.4 Å². The number of rotatable bonds is 6. The highest BCUT2D eigenvalue weighted by Gasteiger charge is 2.23. The lowest BCUT2D eigenvalue weighted by atomic mass is 9.99. The van der Waals surface area contributed by atoms with Crippen molar-refractivity contribution in [3.8, 4) is 33.4 Å². The standard InChI is InChI=1S/C52H33NOS/c1-3-11-34(12-4-1)40-23-27-44-46-33-42(26-30-49(46)55-50(44)32-40)53(41-24-21-36(22-25-41)39-20-19-35-13-7-8-16-38(35)31-39)47-29-28-43(37-14-5-2-6-15-37)52-51(47)45-17-9-10-18-48(45)54-52/h1-33H. The molecule has 2 heterocycles. The van der Waals surface area contributed by atoms with Crippen molar-refractivity contribution < 1.29 is 4.42 Å². The molecule has 11 rings (SSSR count). The highest BCUT2D eigenvalue weighted by Crippen LogP contribution is 2.48. The van der Waals surface area contributed by atoms with Gasteiger partial charge in [-0.25, -0.2) is 0 Å². The van der Waals surface area contributed by atoms with Crippen molar-refractivity contribution in [3.63, 3.8) is 0 Å². The minimum atomic E-state index is 0.877. The number of furan rings is 1. The summed E-state index contributed by atoms with van der Waals surface area (Å²) in [6, 6.07) is 72.2. The van der Waals surface area contributed by atoms with E-state index in [-0.39, 0.29) is 0 Å². The molecule has 0 spiro atoms. The zero-order valence-electron chi connectivity index (χ0n) is 29.8. The second kappa shape index (κ2) is 12.9. The summed E-state index contributed by atoms with van der Waals surface area (Å²) in [5.41, 5.74) is 12.1. The van der Waals surface area contributed by atoms with Crippen molar-refractivity contribution in [2.24, 2.45) is 0 Å². The first-order valence-electron chi connectivity index (χ1n) is 18.7. The summed E-state index contributed by atoms with van der Waals surface area (Å²) < 4.78 is 9.31. The van der Waals surface area contributed by atoms with Crippen LogP contribution in [-0.2, 0) is 0 Å². The quantitative estimate of drug-likeness (QED) is 0.170. The minimum absolute atomic E-state index is 0.877. The van der Waals surface area contributed by atoms with Gasteiger partial charge in [-0.05, 0) is 99.3 Å². The number of benzene rings is 9. The summed E-state index contributed by atoms with van der Waals surface area (Å²) in [6.45, 7) is 0. The van der Waals surface area contributed by atoms with E-state index in [9.17, 15) is 0 Å². The first kappa shape index (κ1) is 31.6. The molecular formula is C52H33NOS. The molecule has 0 aliphatic rings. The average Bonchev–Trinajstić information content (AvgIpc) is 3.83. The highest BCUT2D eigenvalue weighted by molar-refractivity contribution is 7.25. The molecule has 9 aromatic carbocycles. The lowest BCUT2D eigenvalue weighted by Gasteiger charge is -2.27. The van der Waals surface area contributed by atoms with E-state index in [0.717, 1.165) is 50.1 Å². The Hall–Kier alpha value is -6.94. The first-order chi connectivity index (χ1) is 27.2. The number of fused-ring (bicyclic) bond motifs is 7. The van der Waals surface area contributed by atoms with Gasteiger partial charge in [0, 0.05) is 42.5 Å². The van der Waals surface area contributed by atoms with E-state index < -0.39 is 0 Å². The number of hydrogen-bond donors (Lipinski definition) is 0. The zero-order valence-corrected chi connectivity index (χ0v) is 30.6. The van der Waals surface area contributed by atoms with E-state index in [2.05, 4.69) is 205 Å². The van der Waals surface area contributed by atoms with Gasteiger partial charge in [0.1, 0.15) is 11.2 Å². The number of hydrogen-bond acceptors (Lipinski definition) is 3. The van der Waals surface area contributed by atoms with Crippen molar-refractivity contribution in [1.29, 1.82) is 0 Å². The molecule has 55 heavy (non-hydrogen) atoms. The van der Waals surface area contributed by atoms with Crippen molar-refractivity contribution in [1.82, 2.24) is 0 Å². The molecule has 0 fully saturated rings. The Morgan fingerprint density at radius 1 is 0.382 bits per heavy atom. The van der Waals surface area contributed by atoms with Gasteiger partial charge in [0.2, 0.25) is 0 Å². The van der Waals surface area contributed by atoms with Gasteiger partial charge in [0.15, 0.2) is 0 Å². The second-order valence-electron chi connectivity index (χ2n) is 14.1. The van der Waals surface area contributed by atoms with Crippen molar-refractivity contribution in [3.05, 3.63) is 200 Å². The Balaban J connectivity index is 1.12. The molecule has 2 nitrogen and oxygen atoms in total. The third-order valence-corrected chi connectivity index (χ3v) is 12.0. The fourth-order valence-corrected chi connectivity index (χ4v) is 9.28. The molecule has 0 radical (unpaired) electrons. The Kier molecular flexibility index (Phi) is 7.39. The van der Waals surface area contributed by atoms with E-state index in [1.807, 2.05) is 11.3 Å². The van der Waals surface area contributed by atoms with E-state index in [0.29, 0.717) is 0 Å². The van der Waals surface area contributed by atoms with E-state index in [4.69, 9.17) is 4.42 Å². The number of para-hydroxylation sites is 1. The first-order valence-corrected chi connectivity index (χ1v) is 19.5. The average molecular weight is 720 g/mol. The largest absolute Gasteiger partial charge is 0.455 e. The Labute approximate surface area is 322 Å². The summed E-state index contributed by atoms with van der Waals surface area (Å²) in [7, 11) is 0. The number of anilines is 3. The highest BCUT2D eigenvalue weighted by atomic mass is 32.1. The van der Waals surface area contributed by atoms with Crippen LogP contribution in [0, 0.1) is 0 Å². The third kappa shape index (κ3) is 5.40. The van der Waals surface area contributed by atoms with Crippen molar-refractivity contribution >= 4 is 81.3 Å². The zero-order chi connectivity index (χ0) is 36.3. The van der Waals surface area contributed by atoms with Crippen LogP contribution in [0.4, 0.5) is 17.1 Å². The summed E-state index contributed by atoms with van der Waals surface area (Å²) in [6.07, 6.45) is 0. The molecule has 0 bridgehead atoms. The van der Waals surface area contributed by atoms with Crippen LogP contribution in [-0.4, -0.2) is 0 Å². The van der Waals surface area contributed by atoms with Crippen LogP contribution < -0.4 is 4.90 Å². The predicted octanol–water partition coefficient (Wildman–Crippen LogP) is 15.6. The van der Waals surface area contributed by atoms with Gasteiger partial charge >= 0.3 is 0 Å². The summed E-state index contributed by atoms with van der Waals surface area (Å²) in [4.78, 5) is 2.41. The Morgan fingerprint density at radius 2 is 1.04 bits per heavy atom. The molecule has 0 N–H and O–H groups in total. The van der Waals surface area contributed by atoms with E-state index >= 15 is 0 Å². The molecule has 2 aromatic heterocycles. The summed E-state index contributed by atoms with van der Waals surface area (Å²) >= 11 is 1.85. The van der Waals surface area contributed by atoms with Gasteiger partial charge in [0.25, 0.3) is 0 Å². The molecule has 258 valence electrons. The molecule has 0 saturated carbocycles. The maximum Gasteiger partial charge on any atom is 0.145 e. The smallest absolute Gasteiger partial charge is 0.145 e. The molecule has 0 aliphatic heterocycles. The van der Waals surface area contributed by atoms with E-state index in [1.54, 1.807) is 0 Å². The maximum atomic E-state index is 6.75. The molecule has 3 heteroatoms. The van der Waals surface area contributed by atoms with Crippen LogP contribution >= 0.6 is 11.3 Å². The fraction of sp³-hybridized carbons (Fsp3) is 0. The monoisotopic (exact) mass is 719 g/mol. The van der Waals surface area contributed by atoms with Gasteiger partial charge < -0.3 is 9.32 Å². The second-order valence-corrected chi connectivity index (χ2v) is 15.2. The van der Waals surface area contributed by atoms with Crippen LogP contribution in [0.5, 0.6) is 0 Å². The molecule has 0 amide bonds. The van der Waals surface area contributed by atoms with Crippen LogP contribution in [0.1, 0.15) is 0 Å². The lowest BCUT2D eigenvalue weighted by molar-refractivity contribution is 0.670. The minimum Gasteiger partial charge on any atom is -0.455 e. The van der Waals surface area contributed by atoms with Crippen molar-refractivity contribution in [2.45, 2.75) is 0 Å². The number of thiophene rings is 1. The van der Waals surface area contributed by atoms with Crippen molar-refractivity contribution in [2.75, 3.05) is 4.90 Å². The van der Waals surface area contributed by atoms with Crippen LogP contribution in [0.2, 0.25) is 0 Å². The Morgan fingerprint density at radius 3 is 1.87 bits per heavy atom. The molecule has 0 atom stereocenters. The molecule has 0 unspecified atom stereocenters. The molecule has 0 saturated heterocycles. The Bertz CT molecular complexity index is 3190. The van der Waals surface area contributed by atoms with Crippen LogP contribution in [0.25, 0.3) is 86.3 Å².